The topological polar surface area (TPSA) is 45.0 Å². The quantitative estimate of drug-likeness (QED) is 0.918. The number of alkyl halides is 3. The van der Waals surface area contributed by atoms with Crippen molar-refractivity contribution in [2.24, 2.45) is 5.92 Å². The smallest absolute Gasteiger partial charge is 0.384 e. The van der Waals surface area contributed by atoms with Gasteiger partial charge in [0.2, 0.25) is 0 Å². The largest absolute Gasteiger partial charge is 0.418 e. The molecule has 1 aromatic carbocycles. The van der Waals surface area contributed by atoms with Gasteiger partial charge in [0, 0.05) is 24.8 Å². The maximum Gasteiger partial charge on any atom is 0.418 e. The Morgan fingerprint density at radius 1 is 1.42 bits per heavy atom. The molecule has 6 heteroatoms. The fourth-order valence-electron chi connectivity index (χ4n) is 2.00. The van der Waals surface area contributed by atoms with E-state index < -0.39 is 11.7 Å². The van der Waals surface area contributed by atoms with Crippen LogP contribution in [0.1, 0.15) is 17.5 Å². The summed E-state index contributed by atoms with van der Waals surface area (Å²) in [7, 11) is 0. The predicted octanol–water partition coefficient (Wildman–Crippen LogP) is 3.03. The van der Waals surface area contributed by atoms with Crippen molar-refractivity contribution in [2.75, 3.05) is 25.1 Å². The van der Waals surface area contributed by atoms with E-state index in [-0.39, 0.29) is 17.2 Å². The molecule has 1 fully saturated rings. The summed E-state index contributed by atoms with van der Waals surface area (Å²) in [6.07, 6.45) is -3.62. The van der Waals surface area contributed by atoms with E-state index in [0.717, 1.165) is 12.5 Å². The van der Waals surface area contributed by atoms with Crippen molar-refractivity contribution in [3.63, 3.8) is 0 Å². The fourth-order valence-corrected chi connectivity index (χ4v) is 2.00. The molecule has 0 spiro atoms. The first-order chi connectivity index (χ1) is 9.00. The first kappa shape index (κ1) is 13.7. The van der Waals surface area contributed by atoms with E-state index in [0.29, 0.717) is 19.8 Å². The van der Waals surface area contributed by atoms with Gasteiger partial charge < -0.3 is 10.1 Å². The number of hydrogen-bond donors (Lipinski definition) is 1. The summed E-state index contributed by atoms with van der Waals surface area (Å²) in [4.78, 5) is 0. The average Bonchev–Trinajstić information content (AvgIpc) is 2.88. The number of benzene rings is 1. The van der Waals surface area contributed by atoms with Crippen molar-refractivity contribution in [2.45, 2.75) is 12.6 Å². The molecule has 1 saturated heterocycles. The second-order valence-corrected chi connectivity index (χ2v) is 4.48. The monoisotopic (exact) mass is 270 g/mol. The van der Waals surface area contributed by atoms with Gasteiger partial charge in [-0.2, -0.15) is 18.4 Å². The normalized spacial score (nSPS) is 19.2. The van der Waals surface area contributed by atoms with Crippen LogP contribution in [-0.4, -0.2) is 19.8 Å². The zero-order chi connectivity index (χ0) is 13.9. The van der Waals surface area contributed by atoms with Crippen LogP contribution in [0.2, 0.25) is 0 Å². The molecule has 19 heavy (non-hydrogen) atoms. The maximum atomic E-state index is 12.9. The summed E-state index contributed by atoms with van der Waals surface area (Å²) in [5.41, 5.74) is -0.786. The minimum Gasteiger partial charge on any atom is -0.384 e. The molecule has 1 heterocycles. The minimum absolute atomic E-state index is 0.00192. The van der Waals surface area contributed by atoms with E-state index >= 15 is 0 Å². The molecule has 1 N–H and O–H groups in total. The number of halogens is 3. The highest BCUT2D eigenvalue weighted by Gasteiger charge is 2.34. The van der Waals surface area contributed by atoms with Crippen molar-refractivity contribution in [3.8, 4) is 6.07 Å². The Kier molecular flexibility index (Phi) is 3.96. The molecule has 0 bridgehead atoms. The van der Waals surface area contributed by atoms with Gasteiger partial charge in [-0.15, -0.1) is 0 Å². The number of hydrogen-bond acceptors (Lipinski definition) is 3. The Labute approximate surface area is 109 Å². The zero-order valence-electron chi connectivity index (χ0n) is 10.1. The Morgan fingerprint density at radius 3 is 2.79 bits per heavy atom. The average molecular weight is 270 g/mol. The van der Waals surface area contributed by atoms with Gasteiger partial charge in [0.15, 0.2) is 0 Å². The second kappa shape index (κ2) is 5.49. The molecule has 0 amide bonds. The van der Waals surface area contributed by atoms with Crippen LogP contribution < -0.4 is 5.32 Å². The number of ether oxygens (including phenoxy) is 1. The SMILES string of the molecule is N#Cc1ccc(NCC2CCOC2)c(C(F)(F)F)c1. The summed E-state index contributed by atoms with van der Waals surface area (Å²) >= 11 is 0. The Morgan fingerprint density at radius 2 is 2.21 bits per heavy atom. The maximum absolute atomic E-state index is 12.9. The van der Waals surface area contributed by atoms with Crippen LogP contribution >= 0.6 is 0 Å². The second-order valence-electron chi connectivity index (χ2n) is 4.48. The summed E-state index contributed by atoms with van der Waals surface area (Å²) in [6.45, 7) is 1.67. The summed E-state index contributed by atoms with van der Waals surface area (Å²) in [5, 5.41) is 11.5. The van der Waals surface area contributed by atoms with Crippen molar-refractivity contribution in [3.05, 3.63) is 29.3 Å². The number of nitrogens with one attached hydrogen (secondary N) is 1. The number of nitriles is 1. The van der Waals surface area contributed by atoms with Crippen LogP contribution in [-0.2, 0) is 10.9 Å². The molecule has 0 aromatic heterocycles. The van der Waals surface area contributed by atoms with E-state index in [4.69, 9.17) is 10.00 Å². The van der Waals surface area contributed by atoms with Crippen molar-refractivity contribution in [1.29, 1.82) is 5.26 Å². The molecule has 0 saturated carbocycles. The van der Waals surface area contributed by atoms with E-state index in [1.54, 1.807) is 6.07 Å². The number of nitrogens with zero attached hydrogens (tertiary/aromatic N) is 1. The molecule has 0 aliphatic carbocycles. The Balaban J connectivity index is 2.16. The first-order valence-electron chi connectivity index (χ1n) is 5.93. The van der Waals surface area contributed by atoms with E-state index in [1.807, 2.05) is 0 Å². The molecule has 0 radical (unpaired) electrons. The number of anilines is 1. The van der Waals surface area contributed by atoms with E-state index in [9.17, 15) is 13.2 Å². The standard InChI is InChI=1S/C13H13F3N2O/c14-13(15,16)11-5-9(6-17)1-2-12(11)18-7-10-3-4-19-8-10/h1-2,5,10,18H,3-4,7-8H2. The summed E-state index contributed by atoms with van der Waals surface area (Å²) in [6, 6.07) is 5.27. The third-order valence-electron chi connectivity index (χ3n) is 3.06. The van der Waals surface area contributed by atoms with Gasteiger partial charge in [-0.1, -0.05) is 0 Å². The molecule has 1 unspecified atom stereocenters. The zero-order valence-corrected chi connectivity index (χ0v) is 10.1. The minimum atomic E-state index is -4.47. The van der Waals surface area contributed by atoms with Crippen LogP contribution in [0.4, 0.5) is 18.9 Å². The van der Waals surface area contributed by atoms with Gasteiger partial charge >= 0.3 is 6.18 Å². The van der Waals surface area contributed by atoms with Crippen LogP contribution in [0.3, 0.4) is 0 Å². The molecule has 1 aliphatic heterocycles. The Bertz CT molecular complexity index is 488. The molecule has 3 nitrogen and oxygen atoms in total. The molecular weight excluding hydrogens is 257 g/mol. The lowest BCUT2D eigenvalue weighted by molar-refractivity contribution is -0.137. The summed E-state index contributed by atoms with van der Waals surface area (Å²) < 4.78 is 43.8. The van der Waals surface area contributed by atoms with Gasteiger partial charge in [-0.25, -0.2) is 0 Å². The molecular formula is C13H13F3N2O. The Hall–Kier alpha value is -1.74. The van der Waals surface area contributed by atoms with Crippen LogP contribution in [0, 0.1) is 17.2 Å². The molecule has 1 aliphatic rings. The van der Waals surface area contributed by atoms with Gasteiger partial charge in [0.25, 0.3) is 0 Å². The van der Waals surface area contributed by atoms with Crippen molar-refractivity contribution < 1.29 is 17.9 Å². The third kappa shape index (κ3) is 3.38. The summed E-state index contributed by atoms with van der Waals surface area (Å²) in [5.74, 6) is 0.233. The van der Waals surface area contributed by atoms with Gasteiger partial charge in [-0.3, -0.25) is 0 Å². The molecule has 1 aromatic rings. The van der Waals surface area contributed by atoms with Crippen molar-refractivity contribution in [1.82, 2.24) is 0 Å². The lowest BCUT2D eigenvalue weighted by Crippen LogP contribution is -2.17. The van der Waals surface area contributed by atoms with E-state index in [2.05, 4.69) is 5.32 Å². The lowest BCUT2D eigenvalue weighted by atomic mass is 10.1. The highest BCUT2D eigenvalue weighted by molar-refractivity contribution is 5.56. The van der Waals surface area contributed by atoms with Crippen LogP contribution in [0.5, 0.6) is 0 Å². The molecule has 102 valence electrons. The number of rotatable bonds is 3. The predicted molar refractivity (Wildman–Crippen MR) is 63.6 cm³/mol. The fraction of sp³-hybridized carbons (Fsp3) is 0.462. The van der Waals surface area contributed by atoms with Crippen LogP contribution in [0.25, 0.3) is 0 Å². The van der Waals surface area contributed by atoms with Crippen molar-refractivity contribution >= 4 is 5.69 Å². The highest BCUT2D eigenvalue weighted by atomic mass is 19.4. The highest BCUT2D eigenvalue weighted by Crippen LogP contribution is 2.35. The van der Waals surface area contributed by atoms with Gasteiger partial charge in [0.1, 0.15) is 0 Å². The first-order valence-corrected chi connectivity index (χ1v) is 5.93. The van der Waals surface area contributed by atoms with E-state index in [1.165, 1.54) is 12.1 Å². The lowest BCUT2D eigenvalue weighted by Gasteiger charge is -2.16. The third-order valence-corrected chi connectivity index (χ3v) is 3.06. The molecule has 1 atom stereocenters. The molecule has 2 rings (SSSR count). The van der Waals surface area contributed by atoms with Crippen LogP contribution in [0.15, 0.2) is 18.2 Å². The van der Waals surface area contributed by atoms with Gasteiger partial charge in [0.05, 0.1) is 23.8 Å². The van der Waals surface area contributed by atoms with Gasteiger partial charge in [-0.05, 0) is 24.6 Å².